The molecule has 2 aliphatic heterocycles. The third kappa shape index (κ3) is 2.26. The Labute approximate surface area is 103 Å². The van der Waals surface area contributed by atoms with E-state index in [0.717, 1.165) is 4.90 Å². The molecule has 0 aromatic rings. The van der Waals surface area contributed by atoms with E-state index in [2.05, 4.69) is 0 Å². The summed E-state index contributed by atoms with van der Waals surface area (Å²) in [6.07, 6.45) is -2.87. The third-order valence-corrected chi connectivity index (χ3v) is 3.34. The maximum absolute atomic E-state index is 12.1. The summed E-state index contributed by atoms with van der Waals surface area (Å²) in [5.74, 6) is -1.17. The Hall–Kier alpha value is -1.38. The molecule has 2 saturated heterocycles. The van der Waals surface area contributed by atoms with Crippen LogP contribution in [0.3, 0.4) is 0 Å². The topological polar surface area (TPSA) is 122 Å². The number of aliphatic hydroxyl groups is 3. The van der Waals surface area contributed by atoms with E-state index in [1.54, 1.807) is 0 Å². The third-order valence-electron chi connectivity index (χ3n) is 3.34. The first-order valence-electron chi connectivity index (χ1n) is 5.72. The number of carbonyl (C=O) groups is 2. The van der Waals surface area contributed by atoms with Crippen LogP contribution in [-0.2, 0) is 4.79 Å². The zero-order valence-electron chi connectivity index (χ0n) is 9.64. The number of amides is 2. The van der Waals surface area contributed by atoms with Crippen LogP contribution in [0, 0.1) is 0 Å². The number of rotatable bonds is 1. The number of urea groups is 1. The first kappa shape index (κ1) is 13.1. The number of likely N-dealkylation sites (tertiary alicyclic amines) is 2. The Morgan fingerprint density at radius 3 is 2.06 bits per heavy atom. The molecule has 2 aliphatic rings. The van der Waals surface area contributed by atoms with E-state index in [4.69, 9.17) is 5.11 Å². The Balaban J connectivity index is 2.06. The first-order chi connectivity index (χ1) is 8.40. The molecule has 0 aromatic carbocycles. The van der Waals surface area contributed by atoms with Crippen molar-refractivity contribution in [1.82, 2.24) is 9.80 Å². The summed E-state index contributed by atoms with van der Waals surface area (Å²) < 4.78 is 0. The van der Waals surface area contributed by atoms with Gasteiger partial charge in [-0.05, 0) is 0 Å². The first-order valence-corrected chi connectivity index (χ1v) is 5.72. The van der Waals surface area contributed by atoms with Gasteiger partial charge in [-0.3, -0.25) is 0 Å². The summed E-state index contributed by atoms with van der Waals surface area (Å²) in [6.45, 7) is -0.101. The lowest BCUT2D eigenvalue weighted by molar-refractivity contribution is -0.141. The maximum atomic E-state index is 12.1. The van der Waals surface area contributed by atoms with Crippen molar-refractivity contribution in [3.05, 3.63) is 0 Å². The van der Waals surface area contributed by atoms with Gasteiger partial charge in [0.1, 0.15) is 6.04 Å². The predicted octanol–water partition coefficient (Wildman–Crippen LogP) is -2.34. The molecule has 2 fully saturated rings. The normalized spacial score (nSPS) is 36.2. The van der Waals surface area contributed by atoms with Crippen molar-refractivity contribution < 1.29 is 30.0 Å². The Kier molecular flexibility index (Phi) is 3.42. The van der Waals surface area contributed by atoms with E-state index in [0.29, 0.717) is 0 Å². The van der Waals surface area contributed by atoms with Gasteiger partial charge in [0.2, 0.25) is 0 Å². The fourth-order valence-corrected chi connectivity index (χ4v) is 2.37. The Bertz CT molecular complexity index is 352. The number of carboxylic acid groups (broad SMARTS) is 1. The number of aliphatic hydroxyl groups excluding tert-OH is 3. The second-order valence-electron chi connectivity index (χ2n) is 4.72. The Morgan fingerprint density at radius 2 is 1.56 bits per heavy atom. The second kappa shape index (κ2) is 4.71. The zero-order valence-corrected chi connectivity index (χ0v) is 9.64. The molecule has 2 rings (SSSR count). The average Bonchev–Trinajstić information content (AvgIpc) is 2.82. The highest BCUT2D eigenvalue weighted by Gasteiger charge is 2.43. The highest BCUT2D eigenvalue weighted by atomic mass is 16.4. The monoisotopic (exact) mass is 260 g/mol. The summed E-state index contributed by atoms with van der Waals surface area (Å²) >= 11 is 0. The number of carboxylic acids is 1. The fraction of sp³-hybridized carbons (Fsp3) is 0.800. The molecule has 4 atom stereocenters. The molecular formula is C10H16N2O6. The minimum Gasteiger partial charge on any atom is -0.480 e. The quantitative estimate of drug-likeness (QED) is 0.419. The molecule has 0 saturated carbocycles. The van der Waals surface area contributed by atoms with E-state index in [1.165, 1.54) is 4.90 Å². The van der Waals surface area contributed by atoms with Crippen molar-refractivity contribution >= 4 is 12.0 Å². The number of β-amino-alcohol motifs (C(OH)–C–C–N with tert-alkyl or cyclic N) is 3. The van der Waals surface area contributed by atoms with Crippen LogP contribution >= 0.6 is 0 Å². The number of nitrogens with zero attached hydrogens (tertiary/aromatic N) is 2. The standard InChI is InChI=1S/C10H16N2O6/c13-5-1-6(9(16)17)12(2-5)10(18)11-3-7(14)8(15)4-11/h5-8,13-15H,1-4H2,(H,16,17)/t5-,6-,7?,8?/m1/s1. The molecule has 8 heteroatoms. The molecule has 0 bridgehead atoms. The second-order valence-corrected chi connectivity index (χ2v) is 4.72. The number of hydrogen-bond acceptors (Lipinski definition) is 5. The molecule has 4 N–H and O–H groups in total. The number of carbonyl (C=O) groups excluding carboxylic acids is 1. The molecule has 2 amide bonds. The SMILES string of the molecule is O=C(O)[C@H]1C[C@@H](O)CN1C(=O)N1CC(O)C(O)C1. The van der Waals surface area contributed by atoms with Gasteiger partial charge in [-0.2, -0.15) is 0 Å². The lowest BCUT2D eigenvalue weighted by Crippen LogP contribution is -2.47. The van der Waals surface area contributed by atoms with Gasteiger partial charge in [-0.25, -0.2) is 9.59 Å². The molecule has 8 nitrogen and oxygen atoms in total. The zero-order chi connectivity index (χ0) is 13.4. The van der Waals surface area contributed by atoms with Crippen molar-refractivity contribution in [3.8, 4) is 0 Å². The molecule has 2 heterocycles. The van der Waals surface area contributed by atoms with Gasteiger partial charge in [-0.15, -0.1) is 0 Å². The largest absolute Gasteiger partial charge is 0.480 e. The van der Waals surface area contributed by atoms with E-state index < -0.39 is 36.4 Å². The summed E-state index contributed by atoms with van der Waals surface area (Å²) in [7, 11) is 0. The molecule has 0 spiro atoms. The van der Waals surface area contributed by atoms with Crippen molar-refractivity contribution in [2.24, 2.45) is 0 Å². The van der Waals surface area contributed by atoms with Crippen LogP contribution in [0.5, 0.6) is 0 Å². The van der Waals surface area contributed by atoms with Crippen molar-refractivity contribution in [2.45, 2.75) is 30.8 Å². The molecule has 102 valence electrons. The van der Waals surface area contributed by atoms with Gasteiger partial charge in [-0.1, -0.05) is 0 Å². The summed E-state index contributed by atoms with van der Waals surface area (Å²) in [5.41, 5.74) is 0. The van der Waals surface area contributed by atoms with Crippen molar-refractivity contribution in [3.63, 3.8) is 0 Å². The number of aliphatic carboxylic acids is 1. The van der Waals surface area contributed by atoms with Crippen LogP contribution in [0.25, 0.3) is 0 Å². The van der Waals surface area contributed by atoms with Crippen molar-refractivity contribution in [1.29, 1.82) is 0 Å². The van der Waals surface area contributed by atoms with Gasteiger partial charge in [0, 0.05) is 13.0 Å². The highest BCUT2D eigenvalue weighted by Crippen LogP contribution is 2.22. The molecule has 18 heavy (non-hydrogen) atoms. The average molecular weight is 260 g/mol. The highest BCUT2D eigenvalue weighted by molar-refractivity contribution is 5.83. The van der Waals surface area contributed by atoms with Crippen LogP contribution in [-0.4, -0.2) is 86.2 Å². The molecule has 2 unspecified atom stereocenters. The van der Waals surface area contributed by atoms with Crippen LogP contribution in [0.4, 0.5) is 4.79 Å². The molecule has 0 radical (unpaired) electrons. The van der Waals surface area contributed by atoms with E-state index in [9.17, 15) is 24.9 Å². The van der Waals surface area contributed by atoms with Crippen LogP contribution in [0.1, 0.15) is 6.42 Å². The van der Waals surface area contributed by atoms with Crippen molar-refractivity contribution in [2.75, 3.05) is 19.6 Å². The minimum atomic E-state index is -1.17. The van der Waals surface area contributed by atoms with Crippen LogP contribution < -0.4 is 0 Å². The smallest absolute Gasteiger partial charge is 0.326 e. The minimum absolute atomic E-state index is 0.0000203. The van der Waals surface area contributed by atoms with E-state index >= 15 is 0 Å². The molecule has 0 aliphatic carbocycles. The summed E-state index contributed by atoms with van der Waals surface area (Å²) in [4.78, 5) is 25.3. The molecule has 0 aromatic heterocycles. The van der Waals surface area contributed by atoms with Gasteiger partial charge in [0.15, 0.2) is 0 Å². The van der Waals surface area contributed by atoms with Gasteiger partial charge < -0.3 is 30.2 Å². The Morgan fingerprint density at radius 1 is 1.00 bits per heavy atom. The lowest BCUT2D eigenvalue weighted by atomic mass is 10.2. The maximum Gasteiger partial charge on any atom is 0.326 e. The lowest BCUT2D eigenvalue weighted by Gasteiger charge is -2.26. The van der Waals surface area contributed by atoms with Gasteiger partial charge in [0.05, 0.1) is 31.4 Å². The van der Waals surface area contributed by atoms with Crippen LogP contribution in [0.2, 0.25) is 0 Å². The molecular weight excluding hydrogens is 244 g/mol. The van der Waals surface area contributed by atoms with E-state index in [1.807, 2.05) is 0 Å². The summed E-state index contributed by atoms with van der Waals surface area (Å²) in [6, 6.07) is -1.63. The van der Waals surface area contributed by atoms with Gasteiger partial charge in [0.25, 0.3) is 0 Å². The fourth-order valence-electron chi connectivity index (χ4n) is 2.37. The van der Waals surface area contributed by atoms with Gasteiger partial charge >= 0.3 is 12.0 Å². The van der Waals surface area contributed by atoms with E-state index in [-0.39, 0.29) is 26.1 Å². The predicted molar refractivity (Wildman–Crippen MR) is 57.7 cm³/mol. The number of hydrogen-bond donors (Lipinski definition) is 4. The summed E-state index contributed by atoms with van der Waals surface area (Å²) in [5, 5.41) is 37.1. The van der Waals surface area contributed by atoms with Crippen LogP contribution in [0.15, 0.2) is 0 Å².